The molecule has 0 heteroatoms. The van der Waals surface area contributed by atoms with E-state index >= 15 is 0 Å². The minimum atomic E-state index is 0.275. The van der Waals surface area contributed by atoms with Crippen molar-refractivity contribution in [3.63, 3.8) is 0 Å². The Morgan fingerprint density at radius 2 is 0.857 bits per heavy atom. The van der Waals surface area contributed by atoms with Gasteiger partial charge in [-0.25, -0.2) is 0 Å². The summed E-state index contributed by atoms with van der Waals surface area (Å²) in [4.78, 5) is 0. The zero-order valence-corrected chi connectivity index (χ0v) is 11.2. The first kappa shape index (κ1) is 13.5. The molecule has 0 aliphatic heterocycles. The summed E-state index contributed by atoms with van der Waals surface area (Å²) in [6, 6.07) is 0. The molecule has 0 radical (unpaired) electrons. The topological polar surface area (TPSA) is 0 Å². The Morgan fingerprint density at radius 1 is 0.643 bits per heavy atom. The van der Waals surface area contributed by atoms with E-state index < -0.39 is 0 Å². The smallest absolute Gasteiger partial charge is 0.0197 e. The van der Waals surface area contributed by atoms with Crippen molar-refractivity contribution < 1.29 is 0 Å². The summed E-state index contributed by atoms with van der Waals surface area (Å²) >= 11 is 0. The summed E-state index contributed by atoms with van der Waals surface area (Å²) in [7, 11) is 0. The van der Waals surface area contributed by atoms with E-state index in [0.717, 1.165) is 0 Å². The summed E-state index contributed by atoms with van der Waals surface area (Å²) in [6.07, 6.45) is 4.68. The summed E-state index contributed by atoms with van der Waals surface area (Å²) in [5, 5.41) is 0. The highest BCUT2D eigenvalue weighted by atomic mass is 14.2. The molecule has 0 rings (SSSR count). The van der Waals surface area contributed by atoms with Crippen LogP contribution < -0.4 is 0 Å². The SMILES string of the molecule is CC(=C\C(C)(C)C)/C(C)=C/C(C)(C)C. The van der Waals surface area contributed by atoms with Crippen molar-refractivity contribution in [2.75, 3.05) is 0 Å². The Bertz CT molecular complexity index is 210. The quantitative estimate of drug-likeness (QED) is 0.517. The molecule has 0 fully saturated rings. The van der Waals surface area contributed by atoms with Gasteiger partial charge in [-0.15, -0.1) is 0 Å². The Labute approximate surface area is 90.1 Å². The first-order valence-electron chi connectivity index (χ1n) is 5.40. The lowest BCUT2D eigenvalue weighted by Gasteiger charge is -2.18. The standard InChI is InChI=1S/C14H26/c1-11(9-13(3,4)5)12(2)10-14(6,7)8/h9-10H,1-8H3/b11-9+,12-10+. The van der Waals surface area contributed by atoms with E-state index in [4.69, 9.17) is 0 Å². The zero-order chi connectivity index (χ0) is 11.6. The Hall–Kier alpha value is -0.520. The van der Waals surface area contributed by atoms with Crippen LogP contribution in [0.5, 0.6) is 0 Å². The van der Waals surface area contributed by atoms with Gasteiger partial charge in [-0.1, -0.05) is 64.8 Å². The third kappa shape index (κ3) is 6.94. The van der Waals surface area contributed by atoms with Crippen LogP contribution in [0, 0.1) is 10.8 Å². The van der Waals surface area contributed by atoms with Crippen LogP contribution in [-0.2, 0) is 0 Å². The van der Waals surface area contributed by atoms with Gasteiger partial charge in [0, 0.05) is 0 Å². The first-order chi connectivity index (χ1) is 6.01. The van der Waals surface area contributed by atoms with E-state index in [1.165, 1.54) is 11.1 Å². The largest absolute Gasteiger partial charge is 0.0759 e. The molecular formula is C14H26. The van der Waals surface area contributed by atoms with E-state index in [1.54, 1.807) is 0 Å². The van der Waals surface area contributed by atoms with Crippen LogP contribution in [0.4, 0.5) is 0 Å². The molecule has 0 aromatic heterocycles. The maximum absolute atomic E-state index is 2.34. The van der Waals surface area contributed by atoms with Gasteiger partial charge < -0.3 is 0 Å². The minimum absolute atomic E-state index is 0.275. The van der Waals surface area contributed by atoms with E-state index in [9.17, 15) is 0 Å². The molecule has 82 valence electrons. The molecule has 0 saturated heterocycles. The Kier molecular flexibility index (Phi) is 4.17. The summed E-state index contributed by atoms with van der Waals surface area (Å²) in [5.41, 5.74) is 3.34. The van der Waals surface area contributed by atoms with E-state index in [1.807, 2.05) is 0 Å². The van der Waals surface area contributed by atoms with Gasteiger partial charge in [0.1, 0.15) is 0 Å². The van der Waals surface area contributed by atoms with Crippen LogP contribution in [0.25, 0.3) is 0 Å². The molecule has 0 aliphatic carbocycles. The monoisotopic (exact) mass is 194 g/mol. The maximum atomic E-state index is 2.34. The summed E-state index contributed by atoms with van der Waals surface area (Å²) in [6.45, 7) is 17.8. The predicted molar refractivity (Wildman–Crippen MR) is 66.4 cm³/mol. The fourth-order valence-electron chi connectivity index (χ4n) is 1.53. The number of hydrogen-bond donors (Lipinski definition) is 0. The third-order valence-corrected chi connectivity index (χ3v) is 1.92. The van der Waals surface area contributed by atoms with Crippen LogP contribution >= 0.6 is 0 Å². The third-order valence-electron chi connectivity index (χ3n) is 1.92. The zero-order valence-electron chi connectivity index (χ0n) is 11.2. The summed E-state index contributed by atoms with van der Waals surface area (Å²) in [5.74, 6) is 0. The van der Waals surface area contributed by atoms with Crippen molar-refractivity contribution in [2.24, 2.45) is 10.8 Å². The molecule has 0 aromatic carbocycles. The highest BCUT2D eigenvalue weighted by molar-refractivity contribution is 5.29. The van der Waals surface area contributed by atoms with Crippen molar-refractivity contribution in [1.29, 1.82) is 0 Å². The highest BCUT2D eigenvalue weighted by Gasteiger charge is 2.10. The average Bonchev–Trinajstić information content (AvgIpc) is 1.78. The molecular weight excluding hydrogens is 168 g/mol. The molecule has 0 N–H and O–H groups in total. The van der Waals surface area contributed by atoms with E-state index in [2.05, 4.69) is 67.5 Å². The minimum Gasteiger partial charge on any atom is -0.0759 e. The van der Waals surface area contributed by atoms with Gasteiger partial charge >= 0.3 is 0 Å². The van der Waals surface area contributed by atoms with E-state index in [0.29, 0.717) is 0 Å². The maximum Gasteiger partial charge on any atom is -0.0197 e. The number of hydrogen-bond acceptors (Lipinski definition) is 0. The lowest BCUT2D eigenvalue weighted by Crippen LogP contribution is -2.04. The molecule has 0 nitrogen and oxygen atoms in total. The molecule has 0 heterocycles. The van der Waals surface area contributed by atoms with Crippen LogP contribution in [0.15, 0.2) is 23.3 Å². The second-order valence-corrected chi connectivity index (χ2v) is 6.39. The molecule has 0 unspecified atom stereocenters. The number of rotatable bonds is 1. The van der Waals surface area contributed by atoms with Gasteiger partial charge in [0.25, 0.3) is 0 Å². The highest BCUT2D eigenvalue weighted by Crippen LogP contribution is 2.24. The molecule has 0 atom stereocenters. The normalized spacial score (nSPS) is 16.0. The molecule has 0 spiro atoms. The van der Waals surface area contributed by atoms with Gasteiger partial charge in [0.15, 0.2) is 0 Å². The average molecular weight is 194 g/mol. The van der Waals surface area contributed by atoms with Crippen LogP contribution in [0.1, 0.15) is 55.4 Å². The van der Waals surface area contributed by atoms with E-state index in [-0.39, 0.29) is 10.8 Å². The molecule has 0 bridgehead atoms. The van der Waals surface area contributed by atoms with Crippen molar-refractivity contribution >= 4 is 0 Å². The van der Waals surface area contributed by atoms with Gasteiger partial charge in [-0.2, -0.15) is 0 Å². The molecule has 0 amide bonds. The Balaban J connectivity index is 4.81. The molecule has 0 saturated carbocycles. The number of allylic oxidation sites excluding steroid dienone is 4. The molecule has 14 heavy (non-hydrogen) atoms. The van der Waals surface area contributed by atoms with Gasteiger partial charge in [-0.3, -0.25) is 0 Å². The fraction of sp³-hybridized carbons (Fsp3) is 0.714. The van der Waals surface area contributed by atoms with Crippen LogP contribution in [-0.4, -0.2) is 0 Å². The van der Waals surface area contributed by atoms with Crippen molar-refractivity contribution in [3.05, 3.63) is 23.3 Å². The fourth-order valence-corrected chi connectivity index (χ4v) is 1.53. The lowest BCUT2D eigenvalue weighted by molar-refractivity contribution is 0.533. The van der Waals surface area contributed by atoms with Crippen molar-refractivity contribution in [2.45, 2.75) is 55.4 Å². The first-order valence-corrected chi connectivity index (χ1v) is 5.40. The molecule has 0 aromatic rings. The second kappa shape index (κ2) is 4.33. The van der Waals surface area contributed by atoms with Crippen LogP contribution in [0.2, 0.25) is 0 Å². The van der Waals surface area contributed by atoms with Crippen LogP contribution in [0.3, 0.4) is 0 Å². The lowest BCUT2D eigenvalue weighted by atomic mass is 9.88. The predicted octanol–water partition coefficient (Wildman–Crippen LogP) is 4.97. The van der Waals surface area contributed by atoms with Gasteiger partial charge in [0.05, 0.1) is 0 Å². The van der Waals surface area contributed by atoms with Gasteiger partial charge in [-0.05, 0) is 24.7 Å². The molecule has 0 aliphatic rings. The second-order valence-electron chi connectivity index (χ2n) is 6.39. The van der Waals surface area contributed by atoms with Crippen molar-refractivity contribution in [3.8, 4) is 0 Å². The van der Waals surface area contributed by atoms with Crippen molar-refractivity contribution in [1.82, 2.24) is 0 Å². The van der Waals surface area contributed by atoms with Gasteiger partial charge in [0.2, 0.25) is 0 Å². The summed E-state index contributed by atoms with van der Waals surface area (Å²) < 4.78 is 0. The Morgan fingerprint density at radius 3 is 1.00 bits per heavy atom.